The Labute approximate surface area is 146 Å². The molecule has 0 spiro atoms. The third-order valence-electron chi connectivity index (χ3n) is 4.12. The topological polar surface area (TPSA) is 61.7 Å². The van der Waals surface area contributed by atoms with Crippen LogP contribution >= 0.6 is 0 Å². The lowest BCUT2D eigenvalue weighted by atomic mass is 10.1. The van der Waals surface area contributed by atoms with E-state index in [1.165, 1.54) is 12.1 Å². The third-order valence-corrected chi connectivity index (χ3v) is 4.12. The number of nitrogen functional groups attached to an aromatic ring is 1. The van der Waals surface area contributed by atoms with Crippen LogP contribution in [0.15, 0.2) is 54.9 Å². The number of nitrogens with two attached hydrogens (primary N) is 1. The zero-order valence-corrected chi connectivity index (χ0v) is 13.7. The van der Waals surface area contributed by atoms with E-state index in [4.69, 9.17) is 5.73 Å². The first-order valence-electron chi connectivity index (χ1n) is 7.78. The number of anilines is 1. The van der Waals surface area contributed by atoms with Gasteiger partial charge in [0.25, 0.3) is 0 Å². The van der Waals surface area contributed by atoms with Crippen molar-refractivity contribution in [1.82, 2.24) is 19.6 Å². The van der Waals surface area contributed by atoms with Gasteiger partial charge in [-0.2, -0.15) is 23.4 Å². The maximum Gasteiger partial charge on any atom is 0.416 e. The highest BCUT2D eigenvalue weighted by molar-refractivity contribution is 5.95. The van der Waals surface area contributed by atoms with Crippen LogP contribution in [0.3, 0.4) is 0 Å². The molecule has 0 saturated heterocycles. The van der Waals surface area contributed by atoms with Gasteiger partial charge in [0, 0.05) is 29.9 Å². The monoisotopic (exact) mass is 357 g/mol. The van der Waals surface area contributed by atoms with Gasteiger partial charge in [0.2, 0.25) is 0 Å². The highest BCUT2D eigenvalue weighted by Gasteiger charge is 2.30. The molecular weight excluding hydrogens is 343 g/mol. The molecule has 0 radical (unpaired) electrons. The number of hydrogen-bond acceptors (Lipinski definition) is 3. The van der Waals surface area contributed by atoms with E-state index in [2.05, 4.69) is 10.2 Å². The zero-order valence-electron chi connectivity index (χ0n) is 13.7. The average Bonchev–Trinajstić information content (AvgIpc) is 3.17. The molecule has 0 unspecified atom stereocenters. The number of aryl methyl sites for hydroxylation is 1. The predicted molar refractivity (Wildman–Crippen MR) is 92.7 cm³/mol. The van der Waals surface area contributed by atoms with Crippen molar-refractivity contribution in [3.63, 3.8) is 0 Å². The Morgan fingerprint density at radius 1 is 1.04 bits per heavy atom. The van der Waals surface area contributed by atoms with Crippen molar-refractivity contribution in [1.29, 1.82) is 0 Å². The molecule has 2 heterocycles. The first-order valence-corrected chi connectivity index (χ1v) is 7.78. The molecule has 0 aliphatic heterocycles. The highest BCUT2D eigenvalue weighted by atomic mass is 19.4. The van der Waals surface area contributed by atoms with Crippen LogP contribution in [0.1, 0.15) is 5.56 Å². The van der Waals surface area contributed by atoms with Crippen LogP contribution in [0.5, 0.6) is 0 Å². The minimum atomic E-state index is -4.37. The summed E-state index contributed by atoms with van der Waals surface area (Å²) < 4.78 is 41.7. The van der Waals surface area contributed by atoms with Gasteiger partial charge < -0.3 is 5.73 Å². The fraction of sp³-hybridized carbons (Fsp3) is 0.111. The third kappa shape index (κ3) is 2.69. The zero-order chi connectivity index (χ0) is 18.5. The molecule has 4 aromatic rings. The number of hydrogen-bond donors (Lipinski definition) is 1. The number of benzene rings is 2. The van der Waals surface area contributed by atoms with Crippen molar-refractivity contribution < 1.29 is 13.2 Å². The SMILES string of the molecule is Cn1cc(-c2nn(-c3ccc(C(F)(F)F)cc3)c3ccc(N)cc23)cn1. The molecule has 0 fully saturated rings. The van der Waals surface area contributed by atoms with Gasteiger partial charge in [-0.15, -0.1) is 0 Å². The lowest BCUT2D eigenvalue weighted by molar-refractivity contribution is -0.137. The Bertz CT molecular complexity index is 1090. The van der Waals surface area contributed by atoms with Gasteiger partial charge in [-0.25, -0.2) is 4.68 Å². The summed E-state index contributed by atoms with van der Waals surface area (Å²) in [4.78, 5) is 0. The molecular formula is C18H14F3N5. The molecule has 0 amide bonds. The molecule has 4 rings (SSSR count). The molecule has 5 nitrogen and oxygen atoms in total. The van der Waals surface area contributed by atoms with Gasteiger partial charge in [-0.3, -0.25) is 4.68 Å². The number of aromatic nitrogens is 4. The predicted octanol–water partition coefficient (Wildman–Crippen LogP) is 4.03. The van der Waals surface area contributed by atoms with Crippen LogP contribution in [0.4, 0.5) is 18.9 Å². The molecule has 0 bridgehead atoms. The number of rotatable bonds is 2. The van der Waals surface area contributed by atoms with Gasteiger partial charge in [0.15, 0.2) is 0 Å². The summed E-state index contributed by atoms with van der Waals surface area (Å²) in [6.45, 7) is 0. The van der Waals surface area contributed by atoms with E-state index < -0.39 is 11.7 Å². The first kappa shape index (κ1) is 16.2. The molecule has 2 N–H and O–H groups in total. The van der Waals surface area contributed by atoms with Crippen molar-refractivity contribution in [2.75, 3.05) is 5.73 Å². The van der Waals surface area contributed by atoms with Crippen LogP contribution in [0, 0.1) is 0 Å². The minimum absolute atomic E-state index is 0.530. The summed E-state index contributed by atoms with van der Waals surface area (Å²) >= 11 is 0. The van der Waals surface area contributed by atoms with E-state index in [-0.39, 0.29) is 0 Å². The maximum absolute atomic E-state index is 12.8. The summed E-state index contributed by atoms with van der Waals surface area (Å²) in [5.74, 6) is 0. The number of nitrogens with zero attached hydrogens (tertiary/aromatic N) is 4. The molecule has 8 heteroatoms. The summed E-state index contributed by atoms with van der Waals surface area (Å²) in [5.41, 5.74) is 8.53. The molecule has 0 aliphatic carbocycles. The number of halogens is 3. The van der Waals surface area contributed by atoms with E-state index in [0.717, 1.165) is 28.6 Å². The number of fused-ring (bicyclic) bond motifs is 1. The van der Waals surface area contributed by atoms with Crippen molar-refractivity contribution in [3.8, 4) is 16.9 Å². The van der Waals surface area contributed by atoms with Crippen molar-refractivity contribution in [2.24, 2.45) is 7.05 Å². The number of alkyl halides is 3. The van der Waals surface area contributed by atoms with Crippen LogP contribution in [0.2, 0.25) is 0 Å². The molecule has 0 atom stereocenters. The van der Waals surface area contributed by atoms with Crippen molar-refractivity contribution >= 4 is 16.6 Å². The van der Waals surface area contributed by atoms with E-state index in [1.54, 1.807) is 40.8 Å². The quantitative estimate of drug-likeness (QED) is 0.551. The van der Waals surface area contributed by atoms with E-state index in [0.29, 0.717) is 17.1 Å². The summed E-state index contributed by atoms with van der Waals surface area (Å²) in [6.07, 6.45) is -0.871. The van der Waals surface area contributed by atoms with E-state index in [1.807, 2.05) is 6.20 Å². The second-order valence-electron chi connectivity index (χ2n) is 5.98. The largest absolute Gasteiger partial charge is 0.416 e. The molecule has 132 valence electrons. The first-order chi connectivity index (χ1) is 12.3. The van der Waals surface area contributed by atoms with Crippen molar-refractivity contribution in [3.05, 3.63) is 60.4 Å². The fourth-order valence-electron chi connectivity index (χ4n) is 2.88. The second kappa shape index (κ2) is 5.62. The van der Waals surface area contributed by atoms with Crippen LogP contribution in [-0.4, -0.2) is 19.6 Å². The van der Waals surface area contributed by atoms with Gasteiger partial charge in [-0.05, 0) is 42.5 Å². The summed E-state index contributed by atoms with van der Waals surface area (Å²) in [7, 11) is 1.80. The van der Waals surface area contributed by atoms with Gasteiger partial charge in [0.05, 0.1) is 23.0 Å². The molecule has 0 saturated carbocycles. The second-order valence-corrected chi connectivity index (χ2v) is 5.98. The highest BCUT2D eigenvalue weighted by Crippen LogP contribution is 2.33. The summed E-state index contributed by atoms with van der Waals surface area (Å²) in [5, 5.41) is 9.56. The van der Waals surface area contributed by atoms with Crippen LogP contribution in [-0.2, 0) is 13.2 Å². The Hall–Kier alpha value is -3.29. The normalized spacial score (nSPS) is 12.0. The Kier molecular flexibility index (Phi) is 3.50. The van der Waals surface area contributed by atoms with Gasteiger partial charge in [0.1, 0.15) is 5.69 Å². The Morgan fingerprint density at radius 3 is 2.38 bits per heavy atom. The van der Waals surface area contributed by atoms with E-state index in [9.17, 15) is 13.2 Å². The fourth-order valence-corrected chi connectivity index (χ4v) is 2.88. The van der Waals surface area contributed by atoms with Crippen LogP contribution in [0.25, 0.3) is 27.8 Å². The standard InChI is InChI=1S/C18H14F3N5/c1-25-10-11(9-23-25)17-15-8-13(22)4-7-16(15)26(24-17)14-5-2-12(3-6-14)18(19,20)21/h2-10H,22H2,1H3. The Morgan fingerprint density at radius 2 is 1.77 bits per heavy atom. The molecule has 2 aromatic heterocycles. The minimum Gasteiger partial charge on any atom is -0.399 e. The smallest absolute Gasteiger partial charge is 0.399 e. The Balaban J connectivity index is 1.91. The lowest BCUT2D eigenvalue weighted by Crippen LogP contribution is -2.05. The summed E-state index contributed by atoms with van der Waals surface area (Å²) in [6, 6.07) is 10.2. The lowest BCUT2D eigenvalue weighted by Gasteiger charge is -2.08. The molecule has 0 aliphatic rings. The molecule has 2 aromatic carbocycles. The van der Waals surface area contributed by atoms with Gasteiger partial charge in [-0.1, -0.05) is 0 Å². The van der Waals surface area contributed by atoms with Gasteiger partial charge >= 0.3 is 6.18 Å². The average molecular weight is 357 g/mol. The van der Waals surface area contributed by atoms with Crippen LogP contribution < -0.4 is 5.73 Å². The van der Waals surface area contributed by atoms with Crippen molar-refractivity contribution in [2.45, 2.75) is 6.18 Å². The van der Waals surface area contributed by atoms with E-state index >= 15 is 0 Å². The molecule has 26 heavy (non-hydrogen) atoms. The maximum atomic E-state index is 12.8.